The molecule has 8 aliphatic rings. The number of carbonyl (C=O) groups is 1. The molecular formula is C81H110CoN4O2. The Balaban J connectivity index is 0.000000201. The summed E-state index contributed by atoms with van der Waals surface area (Å²) in [5, 5.41) is 0. The Bertz CT molecular complexity index is 3210. The summed E-state index contributed by atoms with van der Waals surface area (Å²) in [5.74, 6) is 2.78. The van der Waals surface area contributed by atoms with E-state index in [4.69, 9.17) is 24.7 Å². The van der Waals surface area contributed by atoms with Crippen LogP contribution in [0.4, 0.5) is 0 Å². The topological polar surface area (TPSA) is 79.2 Å². The van der Waals surface area contributed by atoms with Gasteiger partial charge in [-0.2, -0.15) is 11.4 Å². The van der Waals surface area contributed by atoms with E-state index >= 15 is 0 Å². The third-order valence-corrected chi connectivity index (χ3v) is 22.1. The Kier molecular flexibility index (Phi) is 22.3. The maximum Gasteiger partial charge on any atom is 2.00 e. The van der Waals surface area contributed by atoms with Crippen molar-refractivity contribution in [2.75, 3.05) is 6.61 Å². The van der Waals surface area contributed by atoms with Gasteiger partial charge >= 0.3 is 22.7 Å². The summed E-state index contributed by atoms with van der Waals surface area (Å²) < 4.78 is 5.95. The molecule has 6 fully saturated rings. The monoisotopic (exact) mass is 1230 g/mol. The summed E-state index contributed by atoms with van der Waals surface area (Å²) in [7, 11) is 0. The number of benzene rings is 2. The predicted molar refractivity (Wildman–Crippen MR) is 365 cm³/mol. The zero-order valence-electron chi connectivity index (χ0n) is 56.3. The number of hydrogen-bond donors (Lipinski definition) is 0. The van der Waals surface area contributed by atoms with Gasteiger partial charge in [0.2, 0.25) is 0 Å². The summed E-state index contributed by atoms with van der Waals surface area (Å²) in [6.45, 7) is 23.0. The predicted octanol–water partition coefficient (Wildman–Crippen LogP) is 21.9. The number of aliphatic imine (C=N–C) groups is 2. The third kappa shape index (κ3) is 14.8. The number of rotatable bonds is 13. The second kappa shape index (κ2) is 29.7. The molecule has 88 heavy (non-hydrogen) atoms. The number of hydrogen-bond acceptors (Lipinski definition) is 4. The molecule has 2 aromatic heterocycles. The molecule has 4 aromatic rings. The van der Waals surface area contributed by atoms with Gasteiger partial charge in [-0.3, -0.25) is 9.98 Å². The van der Waals surface area contributed by atoms with Crippen LogP contribution in [0.25, 0.3) is 11.1 Å². The quantitative estimate of drug-likeness (QED) is 0.125. The minimum absolute atomic E-state index is 0. The average Bonchev–Trinajstić information content (AvgIpc) is 1.80. The van der Waals surface area contributed by atoms with Crippen molar-refractivity contribution in [2.24, 2.45) is 27.7 Å². The van der Waals surface area contributed by atoms with Crippen LogP contribution in [0.2, 0.25) is 0 Å². The maximum absolute atomic E-state index is 14.3. The van der Waals surface area contributed by atoms with Crippen molar-refractivity contribution < 1.29 is 26.3 Å². The van der Waals surface area contributed by atoms with Crippen LogP contribution in [0.5, 0.6) is 0 Å². The average molecular weight is 1230 g/mol. The van der Waals surface area contributed by atoms with Gasteiger partial charge in [0.05, 0.1) is 29.3 Å². The van der Waals surface area contributed by atoms with E-state index in [1.165, 1.54) is 257 Å². The van der Waals surface area contributed by atoms with Gasteiger partial charge in [0.15, 0.2) is 0 Å². The Morgan fingerprint density at radius 2 is 0.955 bits per heavy atom. The number of aromatic nitrogens is 2. The zero-order chi connectivity index (χ0) is 60.8. The minimum atomic E-state index is -0.152. The summed E-state index contributed by atoms with van der Waals surface area (Å²) in [6, 6.07) is 21.2. The van der Waals surface area contributed by atoms with Gasteiger partial charge in [-0.15, -0.1) is 11.4 Å². The van der Waals surface area contributed by atoms with E-state index in [2.05, 4.69) is 123 Å². The number of esters is 1. The fourth-order valence-corrected chi connectivity index (χ4v) is 17.0. The summed E-state index contributed by atoms with van der Waals surface area (Å²) in [4.78, 5) is 36.7. The van der Waals surface area contributed by atoms with Crippen LogP contribution in [0.3, 0.4) is 0 Å². The van der Waals surface area contributed by atoms with E-state index in [1.54, 1.807) is 0 Å². The van der Waals surface area contributed by atoms with Crippen molar-refractivity contribution in [3.05, 3.63) is 151 Å². The van der Waals surface area contributed by atoms with Crippen molar-refractivity contribution in [3.8, 4) is 0 Å². The molecule has 0 saturated heterocycles. The Hall–Kier alpha value is -4.72. The molecule has 6 saturated carbocycles. The summed E-state index contributed by atoms with van der Waals surface area (Å²) >= 11 is 0. The number of carbonyl (C=O) groups excluding carboxylic acids is 1. The van der Waals surface area contributed by atoms with Crippen LogP contribution in [-0.2, 0) is 43.6 Å². The van der Waals surface area contributed by atoms with Crippen molar-refractivity contribution in [3.63, 3.8) is 0 Å². The van der Waals surface area contributed by atoms with Gasteiger partial charge in [0, 0.05) is 17.5 Å². The Morgan fingerprint density at radius 1 is 0.511 bits per heavy atom. The van der Waals surface area contributed by atoms with E-state index in [-0.39, 0.29) is 33.6 Å². The number of nitrogens with zero attached hydrogens (tertiary/aromatic N) is 4. The fraction of sp³-hybridized carbons (Fsp3) is 0.617. The second-order valence-electron chi connectivity index (χ2n) is 30.3. The van der Waals surface area contributed by atoms with E-state index in [9.17, 15) is 4.79 Å². The first-order valence-corrected chi connectivity index (χ1v) is 35.9. The smallest absolute Gasteiger partial charge is 0.660 e. The van der Waals surface area contributed by atoms with Gasteiger partial charge in [0.25, 0.3) is 0 Å². The van der Waals surface area contributed by atoms with Crippen molar-refractivity contribution >= 4 is 28.5 Å². The Labute approximate surface area is 543 Å². The van der Waals surface area contributed by atoms with Crippen molar-refractivity contribution in [1.29, 1.82) is 0 Å². The molecule has 7 heteroatoms. The minimum Gasteiger partial charge on any atom is -0.660 e. The standard InChI is InChI=1S/C46H64N2O2.C35H47N2.Co/c1-5-50-45(49)41-39(33-22-14-8-15-23-33)44(48-42(41)35-24-16-9-17-25-35)40(34-26-28-36(29-27-34)46(2,3)4)43-37(31-18-10-6-11-19-31)30-38(47-43)32-20-12-7-13-21-32;1-7-29-24(3)33(37-34(29)27-16-12-9-13-17-27)31(26-18-20-28(21-19-26)35(4,5)6)32-23(2)22-30(36-32)25-14-10-8-11-15-25;/h26-33,35H,5-25H2,1-4H3,(H,47,48,49);18-22,25,27H,7-17H2,1-6H3;/q;-1;+2/p-1/b;32-31-;. The molecule has 0 unspecified atom stereocenters. The van der Waals surface area contributed by atoms with Crippen molar-refractivity contribution in [1.82, 2.24) is 9.97 Å². The molecule has 4 heterocycles. The number of allylic oxidation sites excluding steroid dienone is 3. The van der Waals surface area contributed by atoms with Crippen LogP contribution in [0.1, 0.15) is 334 Å². The molecule has 2 aliphatic heterocycles. The molecule has 1 radical (unpaired) electrons. The first-order chi connectivity index (χ1) is 42.1. The molecule has 6 aliphatic carbocycles. The largest absolute Gasteiger partial charge is 2.00 e. The molecule has 0 spiro atoms. The molecule has 0 bridgehead atoms. The molecular weight excluding hydrogens is 1120 g/mol. The van der Waals surface area contributed by atoms with Crippen LogP contribution < -0.4 is 9.97 Å². The van der Waals surface area contributed by atoms with Crippen LogP contribution in [0, 0.1) is 24.7 Å². The zero-order valence-corrected chi connectivity index (χ0v) is 57.3. The molecule has 0 atom stereocenters. The van der Waals surface area contributed by atoms with Crippen molar-refractivity contribution in [2.45, 2.75) is 297 Å². The third-order valence-electron chi connectivity index (χ3n) is 22.1. The normalized spacial score (nSPS) is 22.2. The molecule has 0 amide bonds. The van der Waals surface area contributed by atoms with Crippen LogP contribution in [0.15, 0.2) is 98.8 Å². The van der Waals surface area contributed by atoms with Gasteiger partial charge in [0.1, 0.15) is 0 Å². The number of ether oxygens (including phenoxy) is 1. The maximum atomic E-state index is 14.3. The first-order valence-electron chi connectivity index (χ1n) is 35.9. The van der Waals surface area contributed by atoms with Gasteiger partial charge in [-0.1, -0.05) is 235 Å². The van der Waals surface area contributed by atoms with Gasteiger partial charge in [-0.05, 0) is 189 Å². The van der Waals surface area contributed by atoms with E-state index in [1.807, 2.05) is 6.92 Å². The SMILES string of the molecule is CCOC(=O)C1=C(C2CCCCC2)/C(=C(\c2ccc(C(C)(C)C)cc2)c2[n-]c(C3CCCCC3)cc2C2CCCCC2)N=C1C1CCCCC1.CCc1c(C2CCCCC2)[n-]c(/C(=C2\N=C(C3CCCCC3)C=C2C)c2ccc(C(C)(C)C)cc2)c1C.[Co+2]. The van der Waals surface area contributed by atoms with E-state index < -0.39 is 0 Å². The van der Waals surface area contributed by atoms with Gasteiger partial charge < -0.3 is 14.7 Å². The van der Waals surface area contributed by atoms with E-state index in [0.29, 0.717) is 42.1 Å². The Morgan fingerprint density at radius 3 is 1.43 bits per heavy atom. The molecule has 6 nitrogen and oxygen atoms in total. The summed E-state index contributed by atoms with van der Waals surface area (Å²) in [5.41, 5.74) is 25.0. The van der Waals surface area contributed by atoms with Crippen LogP contribution >= 0.6 is 0 Å². The first kappa shape index (κ1) is 66.2. The second-order valence-corrected chi connectivity index (χ2v) is 30.3. The van der Waals surface area contributed by atoms with E-state index in [0.717, 1.165) is 54.8 Å². The van der Waals surface area contributed by atoms with Gasteiger partial charge in [-0.25, -0.2) is 4.79 Å². The molecule has 0 N–H and O–H groups in total. The molecule has 12 rings (SSSR count). The van der Waals surface area contributed by atoms with Crippen LogP contribution in [-0.4, -0.2) is 24.0 Å². The molecule has 475 valence electrons. The summed E-state index contributed by atoms with van der Waals surface area (Å²) in [6.07, 6.45) is 41.4. The molecule has 2 aromatic carbocycles. The fourth-order valence-electron chi connectivity index (χ4n) is 17.0.